The van der Waals surface area contributed by atoms with E-state index in [0.717, 1.165) is 22.3 Å². The number of carbonyl (C=O) groups excluding carboxylic acids is 4. The quantitative estimate of drug-likeness (QED) is 0.0159. The molecule has 3 heterocycles. The number of amides is 4. The molecule has 4 amide bonds. The van der Waals surface area contributed by atoms with Crippen molar-refractivity contribution >= 4 is 110 Å². The number of aromatic nitrogens is 3. The summed E-state index contributed by atoms with van der Waals surface area (Å²) >= 11 is 0. The van der Waals surface area contributed by atoms with Crippen LogP contribution in [0.1, 0.15) is 67.4 Å². The number of carboxylic acids is 3. The SMILES string of the molecule is Nc1nc(N)c2c(C#CCNC(=O)CCSSCCCC(NC(=O)OCC3c4ccccc4-c4ccccc43)C(=O)NC(CC(=O)O)C(=O)NC(CC(=O)O)C(=O)O)cn(C3CC(O)C(COP(=O)(O)OP(=O)(O)OP(=O)(O)O)O3)c2n1. The summed E-state index contributed by atoms with van der Waals surface area (Å²) in [5.74, 6) is -2.03. The number of nitrogens with zero attached hydrogens (tertiary/aromatic N) is 3. The van der Waals surface area contributed by atoms with Crippen molar-refractivity contribution in [2.24, 2.45) is 0 Å². The zero-order valence-corrected chi connectivity index (χ0v) is 46.7. The van der Waals surface area contributed by atoms with Crippen molar-refractivity contribution < 1.29 is 110 Å². The fourth-order valence-corrected chi connectivity index (χ4v) is 13.5. The molecule has 4 aromatic rings. The number of nitrogen functional groups attached to an aromatic ring is 2. The number of nitrogens with two attached hydrogens (primary N) is 2. The third kappa shape index (κ3) is 18.7. The highest BCUT2D eigenvalue weighted by molar-refractivity contribution is 8.76. The highest BCUT2D eigenvalue weighted by Crippen LogP contribution is 2.66. The second-order valence-corrected chi connectivity index (χ2v) is 24.9. The molecule has 32 nitrogen and oxygen atoms in total. The van der Waals surface area contributed by atoms with Gasteiger partial charge in [-0.3, -0.25) is 28.5 Å². The number of alkyl carbamates (subject to hydrolysis) is 1. The van der Waals surface area contributed by atoms with E-state index in [9.17, 15) is 72.4 Å². The number of aliphatic hydroxyl groups is 1. The van der Waals surface area contributed by atoms with Crippen molar-refractivity contribution in [3.05, 3.63) is 71.4 Å². The molecule has 2 aliphatic rings. The molecule has 8 unspecified atom stereocenters. The molecule has 0 radical (unpaired) electrons. The summed E-state index contributed by atoms with van der Waals surface area (Å²) in [4.78, 5) is 132. The van der Waals surface area contributed by atoms with Gasteiger partial charge in [0, 0.05) is 36.5 Å². The first kappa shape index (κ1) is 64.5. The molecule has 8 atom stereocenters. The van der Waals surface area contributed by atoms with E-state index < -0.39 is 121 Å². The van der Waals surface area contributed by atoms with E-state index in [1.165, 1.54) is 32.4 Å². The minimum Gasteiger partial charge on any atom is -0.481 e. The second kappa shape index (κ2) is 28.6. The molecule has 1 aliphatic carbocycles. The minimum absolute atomic E-state index is 0.0277. The molecule has 0 saturated carbocycles. The number of benzene rings is 2. The number of fused-ring (bicyclic) bond motifs is 4. The van der Waals surface area contributed by atoms with Crippen LogP contribution in [0, 0.1) is 11.8 Å². The van der Waals surface area contributed by atoms with Crippen molar-refractivity contribution in [1.82, 2.24) is 35.8 Å². The van der Waals surface area contributed by atoms with Gasteiger partial charge < -0.3 is 86.8 Å². The lowest BCUT2D eigenvalue weighted by Gasteiger charge is -2.23. The van der Waals surface area contributed by atoms with Crippen LogP contribution in [0.3, 0.4) is 0 Å². The van der Waals surface area contributed by atoms with Gasteiger partial charge in [-0.1, -0.05) is 82.0 Å². The van der Waals surface area contributed by atoms with E-state index >= 15 is 0 Å². The summed E-state index contributed by atoms with van der Waals surface area (Å²) in [5.41, 5.74) is 16.1. The van der Waals surface area contributed by atoms with Crippen molar-refractivity contribution in [1.29, 1.82) is 0 Å². The maximum Gasteiger partial charge on any atom is 0.490 e. The van der Waals surface area contributed by atoms with Crippen LogP contribution >= 0.6 is 45.1 Å². The minimum atomic E-state index is -5.81. The van der Waals surface area contributed by atoms with E-state index in [0.29, 0.717) is 11.5 Å². The topological polar surface area (TPSA) is 510 Å². The second-order valence-electron chi connectivity index (χ2n) is 17.7. The van der Waals surface area contributed by atoms with Gasteiger partial charge in [0.25, 0.3) is 0 Å². The molecule has 1 aliphatic heterocycles. The fourth-order valence-electron chi connectivity index (χ4n) is 8.34. The number of hydrogen-bond donors (Lipinski definition) is 14. The molecule has 6 rings (SSSR count). The number of nitrogens with one attached hydrogen (secondary N) is 4. The van der Waals surface area contributed by atoms with Crippen molar-refractivity contribution in [3.8, 4) is 23.0 Å². The molecule has 82 heavy (non-hydrogen) atoms. The summed E-state index contributed by atoms with van der Waals surface area (Å²) < 4.78 is 59.7. The normalized spacial score (nSPS) is 18.2. The average Bonchev–Trinajstić information content (AvgIpc) is 2.97. The van der Waals surface area contributed by atoms with Crippen LogP contribution in [-0.4, -0.2) is 158 Å². The molecule has 16 N–H and O–H groups in total. The van der Waals surface area contributed by atoms with Gasteiger partial charge in [-0.25, -0.2) is 23.3 Å². The van der Waals surface area contributed by atoms with Gasteiger partial charge in [-0.05, 0) is 35.1 Å². The molecule has 0 spiro atoms. The van der Waals surface area contributed by atoms with Crippen LogP contribution in [0.2, 0.25) is 0 Å². The fraction of sp³-hybridized carbons (Fsp3) is 0.400. The van der Waals surface area contributed by atoms with Crippen LogP contribution in [0.25, 0.3) is 22.2 Å². The molecule has 2 aromatic carbocycles. The zero-order valence-electron chi connectivity index (χ0n) is 42.4. The molecule has 1 saturated heterocycles. The largest absolute Gasteiger partial charge is 0.490 e. The molecular formula is C45H54N9O23P3S2. The predicted octanol–water partition coefficient (Wildman–Crippen LogP) is 1.52. The molecular weight excluding hydrogens is 1190 g/mol. The monoisotopic (exact) mass is 1250 g/mol. The smallest absolute Gasteiger partial charge is 0.481 e. The van der Waals surface area contributed by atoms with Crippen molar-refractivity contribution in [3.63, 3.8) is 0 Å². The number of hydrogen-bond acceptors (Lipinski definition) is 22. The van der Waals surface area contributed by atoms with Gasteiger partial charge in [0.05, 0.1) is 43.0 Å². The highest BCUT2D eigenvalue weighted by atomic mass is 33.1. The Morgan fingerprint density at radius 3 is 2.04 bits per heavy atom. The number of aliphatic hydroxyl groups excluding tert-OH is 1. The van der Waals surface area contributed by atoms with Crippen molar-refractivity contribution in [2.45, 2.75) is 81.0 Å². The first-order chi connectivity index (χ1) is 38.6. The lowest BCUT2D eigenvalue weighted by Crippen LogP contribution is -2.56. The third-order valence-electron chi connectivity index (χ3n) is 11.8. The number of aliphatic carboxylic acids is 3. The van der Waals surface area contributed by atoms with Gasteiger partial charge in [0.1, 0.15) is 42.9 Å². The summed E-state index contributed by atoms with van der Waals surface area (Å²) in [6.07, 6.45) is -5.59. The number of phosphoric ester groups is 1. The number of ether oxygens (including phenoxy) is 2. The van der Waals surface area contributed by atoms with Gasteiger partial charge in [-0.2, -0.15) is 18.6 Å². The van der Waals surface area contributed by atoms with Crippen LogP contribution in [-0.2, 0) is 65.1 Å². The van der Waals surface area contributed by atoms with Crippen molar-refractivity contribution in [2.75, 3.05) is 42.7 Å². The maximum atomic E-state index is 13.7. The lowest BCUT2D eigenvalue weighted by molar-refractivity contribution is -0.148. The van der Waals surface area contributed by atoms with E-state index in [1.807, 2.05) is 53.8 Å². The Bertz CT molecular complexity index is 3240. The summed E-state index contributed by atoms with van der Waals surface area (Å²) in [5, 5.41) is 48.3. The Morgan fingerprint density at radius 2 is 1.40 bits per heavy atom. The Morgan fingerprint density at radius 1 is 0.793 bits per heavy atom. The van der Waals surface area contributed by atoms with Crippen LogP contribution < -0.4 is 32.7 Å². The van der Waals surface area contributed by atoms with Gasteiger partial charge >= 0.3 is 47.5 Å². The molecule has 0 bridgehead atoms. The molecule has 2 aromatic heterocycles. The molecule has 1 fully saturated rings. The van der Waals surface area contributed by atoms with E-state index in [1.54, 1.807) is 0 Å². The van der Waals surface area contributed by atoms with E-state index in [2.05, 4.69) is 50.9 Å². The van der Waals surface area contributed by atoms with Crippen LogP contribution in [0.15, 0.2) is 54.7 Å². The number of carbonyl (C=O) groups is 7. The Labute approximate surface area is 471 Å². The standard InChI is InChI=1S/C45H54N9O23P3S2/c46-39-38-23(20-54(40(38)53-44(47)52-39)35-19-32(55)33(75-35)22-74-79(69,70)77-80(71,72)76-78(66,67)68)7-5-14-48-34(56)13-16-82-81-15-6-12-29(41(61)49-30(17-36(57)58)42(62)50-31(43(63)64)18-37(59)60)51-45(65)73-21-28-26-10-3-1-8-24(26)25-9-2-4-11-27(25)28/h1-4,8-11,20,28-33,35,55H,6,12-19,21-22H2,(H,48,56)(H,49,61)(H,50,62)(H,51,65)(H,57,58)(H,59,60)(H,63,64)(H,69,70)(H,71,72)(H2,66,67,68)(H4,46,47,52,53). The van der Waals surface area contributed by atoms with Gasteiger partial charge in [0.15, 0.2) is 5.65 Å². The number of phosphoric acid groups is 3. The highest BCUT2D eigenvalue weighted by Gasteiger charge is 2.43. The number of carboxylic acid groups (broad SMARTS) is 3. The number of rotatable bonds is 29. The summed E-state index contributed by atoms with van der Waals surface area (Å²) in [7, 11) is -14.4. The van der Waals surface area contributed by atoms with Crippen LogP contribution in [0.4, 0.5) is 16.6 Å². The predicted molar refractivity (Wildman–Crippen MR) is 287 cm³/mol. The average molecular weight is 1250 g/mol. The first-order valence-electron chi connectivity index (χ1n) is 24.0. The molecule has 37 heteroatoms. The van der Waals surface area contributed by atoms with E-state index in [4.69, 9.17) is 35.8 Å². The maximum absolute atomic E-state index is 13.7. The van der Waals surface area contributed by atoms with Gasteiger partial charge in [0.2, 0.25) is 23.7 Å². The van der Waals surface area contributed by atoms with Crippen LogP contribution in [0.5, 0.6) is 0 Å². The van der Waals surface area contributed by atoms with Gasteiger partial charge in [-0.15, -0.1) is 0 Å². The third-order valence-corrected chi connectivity index (χ3v) is 18.1. The summed E-state index contributed by atoms with van der Waals surface area (Å²) in [6.45, 7) is -1.23. The molecule has 444 valence electrons. The summed E-state index contributed by atoms with van der Waals surface area (Å²) in [6, 6.07) is 9.85. The first-order valence-corrected chi connectivity index (χ1v) is 31.0. The Hall–Kier alpha value is -6.66. The Kier molecular flexibility index (Phi) is 22.5. The number of anilines is 2. The zero-order chi connectivity index (χ0) is 60.1. The lowest BCUT2D eigenvalue weighted by atomic mass is 9.98. The Balaban J connectivity index is 1.01. The van der Waals surface area contributed by atoms with E-state index in [-0.39, 0.29) is 73.1 Å².